The minimum Gasteiger partial charge on any atom is -0.469 e. The summed E-state index contributed by atoms with van der Waals surface area (Å²) in [5, 5.41) is 15.6. The van der Waals surface area contributed by atoms with Gasteiger partial charge in [-0.2, -0.15) is 0 Å². The van der Waals surface area contributed by atoms with Crippen LogP contribution in [0.4, 0.5) is 5.13 Å². The Morgan fingerprint density at radius 3 is 2.76 bits per heavy atom. The van der Waals surface area contributed by atoms with Crippen molar-refractivity contribution in [1.82, 2.24) is 15.5 Å². The number of anilines is 1. The summed E-state index contributed by atoms with van der Waals surface area (Å²) in [6.07, 6.45) is 4.48. The molecule has 0 spiro atoms. The number of ether oxygens (including phenoxy) is 1. The van der Waals surface area contributed by atoms with E-state index < -0.39 is 0 Å². The fraction of sp³-hybridized carbons (Fsp3) is 0.750. The third-order valence-electron chi connectivity index (χ3n) is 4.41. The second kappa shape index (κ2) is 11.4. The van der Waals surface area contributed by atoms with E-state index in [-0.39, 0.29) is 24.3 Å². The summed E-state index contributed by atoms with van der Waals surface area (Å²) in [6, 6.07) is 0. The molecule has 1 atom stereocenters. The maximum Gasteiger partial charge on any atom is 0.305 e. The Morgan fingerprint density at radius 1 is 1.36 bits per heavy atom. The van der Waals surface area contributed by atoms with Crippen LogP contribution < -0.4 is 10.6 Å². The molecule has 2 N–H and O–H groups in total. The standard InChI is InChI=1S/C16H26N4O3S.ClH/c1-11(12-6-8-17-9-7-12)10-13(21)18-16-20-19-14(24-16)4-3-5-15(22)23-2;/h11-12,17H,3-10H2,1-2H3,(H,18,20,21);1H. The van der Waals surface area contributed by atoms with Crippen LogP contribution in [0.1, 0.15) is 44.0 Å². The predicted molar refractivity (Wildman–Crippen MR) is 100 cm³/mol. The Balaban J connectivity index is 0.00000312. The zero-order chi connectivity index (χ0) is 17.4. The molecule has 2 heterocycles. The van der Waals surface area contributed by atoms with Gasteiger partial charge in [-0.1, -0.05) is 18.3 Å². The van der Waals surface area contributed by atoms with E-state index in [0.29, 0.717) is 42.7 Å². The van der Waals surface area contributed by atoms with Crippen molar-refractivity contribution in [2.24, 2.45) is 11.8 Å². The van der Waals surface area contributed by atoms with Gasteiger partial charge in [0.2, 0.25) is 11.0 Å². The number of methoxy groups -OCH3 is 1. The number of carbonyl (C=O) groups is 2. The van der Waals surface area contributed by atoms with E-state index in [2.05, 4.69) is 32.5 Å². The summed E-state index contributed by atoms with van der Waals surface area (Å²) in [7, 11) is 1.38. The molecule has 1 aliphatic rings. The fourth-order valence-corrected chi connectivity index (χ4v) is 3.73. The molecule has 1 saturated heterocycles. The Labute approximate surface area is 158 Å². The largest absolute Gasteiger partial charge is 0.469 e. The van der Waals surface area contributed by atoms with Crippen molar-refractivity contribution in [1.29, 1.82) is 0 Å². The highest BCUT2D eigenvalue weighted by Crippen LogP contribution is 2.25. The predicted octanol–water partition coefficient (Wildman–Crippen LogP) is 2.42. The maximum absolute atomic E-state index is 12.2. The van der Waals surface area contributed by atoms with E-state index in [9.17, 15) is 9.59 Å². The number of hydrogen-bond acceptors (Lipinski definition) is 7. The summed E-state index contributed by atoms with van der Waals surface area (Å²) < 4.78 is 4.60. The third-order valence-corrected chi connectivity index (χ3v) is 5.31. The number of carbonyl (C=O) groups excluding carboxylic acids is 2. The van der Waals surface area contributed by atoms with E-state index in [0.717, 1.165) is 30.9 Å². The van der Waals surface area contributed by atoms with Crippen molar-refractivity contribution in [3.05, 3.63) is 5.01 Å². The first-order valence-electron chi connectivity index (χ1n) is 8.48. The lowest BCUT2D eigenvalue weighted by molar-refractivity contribution is -0.140. The molecule has 7 nitrogen and oxygen atoms in total. The lowest BCUT2D eigenvalue weighted by Crippen LogP contribution is -2.32. The first-order chi connectivity index (χ1) is 11.6. The van der Waals surface area contributed by atoms with Crippen LogP contribution in [-0.2, 0) is 20.7 Å². The van der Waals surface area contributed by atoms with Crippen LogP contribution in [0.3, 0.4) is 0 Å². The number of aryl methyl sites for hydroxylation is 1. The molecule has 0 saturated carbocycles. The molecule has 1 amide bonds. The van der Waals surface area contributed by atoms with Gasteiger partial charge in [-0.25, -0.2) is 0 Å². The van der Waals surface area contributed by atoms with Crippen LogP contribution >= 0.6 is 23.7 Å². The summed E-state index contributed by atoms with van der Waals surface area (Å²) in [5.41, 5.74) is 0. The second-order valence-electron chi connectivity index (χ2n) is 6.25. The van der Waals surface area contributed by atoms with Gasteiger partial charge >= 0.3 is 5.97 Å². The molecule has 1 unspecified atom stereocenters. The summed E-state index contributed by atoms with van der Waals surface area (Å²) >= 11 is 1.37. The monoisotopic (exact) mass is 390 g/mol. The first-order valence-corrected chi connectivity index (χ1v) is 9.30. The van der Waals surface area contributed by atoms with Gasteiger partial charge in [0.05, 0.1) is 7.11 Å². The number of amides is 1. The van der Waals surface area contributed by atoms with Crippen LogP contribution in [0.25, 0.3) is 0 Å². The molecule has 0 aliphatic carbocycles. The van der Waals surface area contributed by atoms with E-state index in [1.165, 1.54) is 18.4 Å². The van der Waals surface area contributed by atoms with Gasteiger partial charge < -0.3 is 15.4 Å². The van der Waals surface area contributed by atoms with Crippen LogP contribution in [0, 0.1) is 11.8 Å². The number of nitrogens with one attached hydrogen (secondary N) is 2. The van der Waals surface area contributed by atoms with Crippen LogP contribution in [-0.4, -0.2) is 42.3 Å². The number of hydrogen-bond donors (Lipinski definition) is 2. The van der Waals surface area contributed by atoms with Crippen molar-refractivity contribution in [3.8, 4) is 0 Å². The number of esters is 1. The summed E-state index contributed by atoms with van der Waals surface area (Å²) in [5.74, 6) is 0.762. The molecule has 1 aromatic rings. The lowest BCUT2D eigenvalue weighted by atomic mass is 9.84. The molecule has 25 heavy (non-hydrogen) atoms. The Morgan fingerprint density at radius 2 is 2.08 bits per heavy atom. The highest BCUT2D eigenvalue weighted by molar-refractivity contribution is 7.15. The van der Waals surface area contributed by atoms with Crippen molar-refractivity contribution >= 4 is 40.8 Å². The Bertz CT molecular complexity index is 549. The van der Waals surface area contributed by atoms with Gasteiger partial charge in [0.1, 0.15) is 5.01 Å². The average molecular weight is 391 g/mol. The molecular weight excluding hydrogens is 364 g/mol. The van der Waals surface area contributed by atoms with Crippen LogP contribution in [0.2, 0.25) is 0 Å². The van der Waals surface area contributed by atoms with Gasteiger partial charge in [-0.05, 0) is 44.2 Å². The Kier molecular flexibility index (Phi) is 9.92. The molecule has 2 rings (SSSR count). The van der Waals surface area contributed by atoms with Gasteiger partial charge in [0.25, 0.3) is 0 Å². The third kappa shape index (κ3) is 7.66. The molecule has 1 aliphatic heterocycles. The van der Waals surface area contributed by atoms with E-state index in [1.54, 1.807) is 0 Å². The van der Waals surface area contributed by atoms with Crippen molar-refractivity contribution in [2.45, 2.75) is 45.4 Å². The molecule has 0 bridgehead atoms. The van der Waals surface area contributed by atoms with E-state index >= 15 is 0 Å². The van der Waals surface area contributed by atoms with Crippen LogP contribution in [0.5, 0.6) is 0 Å². The summed E-state index contributed by atoms with van der Waals surface area (Å²) in [6.45, 7) is 4.23. The normalized spacial score (nSPS) is 15.9. The van der Waals surface area contributed by atoms with E-state index in [1.807, 2.05) is 0 Å². The number of nitrogens with zero attached hydrogens (tertiary/aromatic N) is 2. The lowest BCUT2D eigenvalue weighted by Gasteiger charge is -2.27. The molecular formula is C16H27ClN4O3S. The van der Waals surface area contributed by atoms with Gasteiger partial charge in [0, 0.05) is 19.3 Å². The molecule has 142 valence electrons. The van der Waals surface area contributed by atoms with Crippen molar-refractivity contribution in [2.75, 3.05) is 25.5 Å². The first kappa shape index (κ1) is 21.8. The number of rotatable bonds is 8. The number of piperidine rings is 1. The molecule has 1 aromatic heterocycles. The molecule has 0 radical (unpaired) electrons. The second-order valence-corrected chi connectivity index (χ2v) is 7.31. The smallest absolute Gasteiger partial charge is 0.305 e. The quantitative estimate of drug-likeness (QED) is 0.662. The highest BCUT2D eigenvalue weighted by atomic mass is 35.5. The molecule has 1 fully saturated rings. The molecule has 0 aromatic carbocycles. The Hall–Kier alpha value is -1.25. The van der Waals surface area contributed by atoms with Gasteiger partial charge in [-0.3, -0.25) is 9.59 Å². The zero-order valence-corrected chi connectivity index (χ0v) is 16.4. The van der Waals surface area contributed by atoms with Crippen molar-refractivity contribution in [3.63, 3.8) is 0 Å². The van der Waals surface area contributed by atoms with Crippen LogP contribution in [0.15, 0.2) is 0 Å². The SMILES string of the molecule is COC(=O)CCCc1nnc(NC(=O)CC(C)C2CCNCC2)s1.Cl. The topological polar surface area (TPSA) is 93.2 Å². The average Bonchev–Trinajstić information content (AvgIpc) is 3.02. The zero-order valence-electron chi connectivity index (χ0n) is 14.7. The minimum atomic E-state index is -0.222. The maximum atomic E-state index is 12.2. The van der Waals surface area contributed by atoms with Gasteiger partial charge in [-0.15, -0.1) is 22.6 Å². The fourth-order valence-electron chi connectivity index (χ4n) is 2.93. The number of aromatic nitrogens is 2. The number of halogens is 1. The highest BCUT2D eigenvalue weighted by Gasteiger charge is 2.22. The summed E-state index contributed by atoms with van der Waals surface area (Å²) in [4.78, 5) is 23.2. The van der Waals surface area contributed by atoms with Gasteiger partial charge in [0.15, 0.2) is 0 Å². The van der Waals surface area contributed by atoms with E-state index in [4.69, 9.17) is 0 Å². The molecule has 9 heteroatoms. The van der Waals surface area contributed by atoms with Crippen molar-refractivity contribution < 1.29 is 14.3 Å². The minimum absolute atomic E-state index is 0.